The van der Waals surface area contributed by atoms with Crippen molar-refractivity contribution in [3.05, 3.63) is 37.3 Å². The van der Waals surface area contributed by atoms with Crippen molar-refractivity contribution in [3.8, 4) is 0 Å². The van der Waals surface area contributed by atoms with Gasteiger partial charge in [0.05, 0.1) is 26.1 Å². The summed E-state index contributed by atoms with van der Waals surface area (Å²) in [7, 11) is 0. The van der Waals surface area contributed by atoms with Crippen LogP contribution in [0.3, 0.4) is 0 Å². The summed E-state index contributed by atoms with van der Waals surface area (Å²) in [5.74, 6) is -1.10. The van der Waals surface area contributed by atoms with Gasteiger partial charge in [-0.2, -0.15) is 0 Å². The third-order valence-corrected chi connectivity index (χ3v) is 12.3. The SMILES string of the molecule is CC1([C@@H]2C[C@@H]3COP(O)(=S)O[C@H]4[C@@H](F)[C@H](n5cnc6c5ncn5ccnc65)O[C@@H]4COP(=O)(S)OC[C@H]32)C=CN=C(C(N)=O)C1. The Kier molecular flexibility index (Phi) is 8.08. The molecule has 1 saturated carbocycles. The number of amides is 1. The minimum atomic E-state index is -4.01. The Hall–Kier alpha value is -2.11. The highest BCUT2D eigenvalue weighted by Gasteiger charge is 2.54. The van der Waals surface area contributed by atoms with Gasteiger partial charge in [0.25, 0.3) is 5.91 Å². The van der Waals surface area contributed by atoms with E-state index in [4.69, 9.17) is 40.4 Å². The second kappa shape index (κ2) is 11.5. The van der Waals surface area contributed by atoms with Crippen LogP contribution >= 0.6 is 25.8 Å². The molecule has 0 aromatic carbocycles. The van der Waals surface area contributed by atoms with E-state index in [1.807, 2.05) is 13.0 Å². The second-order valence-corrected chi connectivity index (χ2v) is 17.5. The number of ether oxygens (including phenoxy) is 1. The summed E-state index contributed by atoms with van der Waals surface area (Å²) in [5.41, 5.74) is 6.50. The summed E-state index contributed by atoms with van der Waals surface area (Å²) in [6.07, 6.45) is 4.71. The van der Waals surface area contributed by atoms with Crippen molar-refractivity contribution in [2.75, 3.05) is 19.8 Å². The molecule has 3 unspecified atom stereocenters. The number of nitrogens with two attached hydrogens (primary N) is 1. The van der Waals surface area contributed by atoms with Crippen molar-refractivity contribution in [3.63, 3.8) is 0 Å². The molecule has 0 radical (unpaired) electrons. The molecule has 10 atom stereocenters. The fraction of sp³-hybridized carbons (Fsp3) is 0.560. The number of hydrogen-bond donors (Lipinski definition) is 3. The molecule has 242 valence electrons. The largest absolute Gasteiger partial charge is 0.386 e. The molecule has 3 aromatic heterocycles. The molecular formula is C25H30FN7O8P2S2. The molecule has 20 heteroatoms. The number of aliphatic imine (C=N–C) groups is 1. The van der Waals surface area contributed by atoms with Crippen molar-refractivity contribution in [1.29, 1.82) is 0 Å². The van der Waals surface area contributed by atoms with Gasteiger partial charge in [0.15, 0.2) is 29.2 Å². The summed E-state index contributed by atoms with van der Waals surface area (Å²) in [5, 5.41) is 0. The molecule has 3 fully saturated rings. The number of thiol groups is 1. The summed E-state index contributed by atoms with van der Waals surface area (Å²) in [4.78, 5) is 40.0. The Balaban J connectivity index is 1.12. The Labute approximate surface area is 266 Å². The van der Waals surface area contributed by atoms with Crippen LogP contribution in [0.4, 0.5) is 4.39 Å². The lowest BCUT2D eigenvalue weighted by Crippen LogP contribution is -2.50. The number of allylic oxidation sites excluding steroid dienone is 1. The van der Waals surface area contributed by atoms with Crippen LogP contribution in [0.2, 0.25) is 0 Å². The molecule has 0 bridgehead atoms. The number of primary amides is 1. The summed E-state index contributed by atoms with van der Waals surface area (Å²) in [6.45, 7) is -6.53. The highest BCUT2D eigenvalue weighted by Crippen LogP contribution is 2.60. The van der Waals surface area contributed by atoms with Crippen LogP contribution in [0.25, 0.3) is 16.8 Å². The molecule has 2 saturated heterocycles. The van der Waals surface area contributed by atoms with Crippen LogP contribution in [0, 0.1) is 23.2 Å². The van der Waals surface area contributed by atoms with E-state index < -0.39 is 56.1 Å². The van der Waals surface area contributed by atoms with Crippen LogP contribution in [0.1, 0.15) is 26.0 Å². The molecule has 15 nitrogen and oxygen atoms in total. The smallest absolute Gasteiger partial charge is 0.365 e. The normalized spacial score (nSPS) is 40.9. The van der Waals surface area contributed by atoms with Crippen LogP contribution in [0.5, 0.6) is 0 Å². The summed E-state index contributed by atoms with van der Waals surface area (Å²) >= 11 is 9.47. The molecule has 3 aromatic rings. The van der Waals surface area contributed by atoms with Crippen molar-refractivity contribution >= 4 is 66.0 Å². The van der Waals surface area contributed by atoms with Gasteiger partial charge in [-0.15, -0.1) is 0 Å². The van der Waals surface area contributed by atoms with E-state index in [1.54, 1.807) is 23.0 Å². The van der Waals surface area contributed by atoms with Crippen LogP contribution in [0.15, 0.2) is 42.3 Å². The number of alkyl halides is 1. The standard InChI is InChI=1S/C25H30FN7O8P2S2/c1-25(2-3-28-16(7-25)21(27)34)15-6-13-8-37-43(36,45)41-20-17(10-39-42(35,44)38-9-14(13)15)40-24(18(20)26)33-12-30-19-22-29-4-5-32(22)11-31-23(19)33/h2-5,11-15,17-18,20,24H,6-10H2,1H3,(H2,27,34)(H,35,44)(H,36,45)/t13-,14-,15-,17-,18-,20-,24-,25?,42?,43?/m1/s1. The lowest BCUT2D eigenvalue weighted by Gasteiger charge is -2.53. The Morgan fingerprint density at radius 3 is 2.80 bits per heavy atom. The van der Waals surface area contributed by atoms with Crippen molar-refractivity contribution in [2.24, 2.45) is 33.9 Å². The van der Waals surface area contributed by atoms with Gasteiger partial charge < -0.3 is 24.4 Å². The minimum absolute atomic E-state index is 0.0262. The van der Waals surface area contributed by atoms with Gasteiger partial charge in [-0.25, -0.2) is 23.9 Å². The topological polar surface area (TPSA) is 187 Å². The number of hydrogen-bond acceptors (Lipinski definition) is 12. The number of carbonyl (C=O) groups excluding carboxylic acids is 1. The monoisotopic (exact) mass is 701 g/mol. The third-order valence-electron chi connectivity index (χ3n) is 9.08. The lowest BCUT2D eigenvalue weighted by molar-refractivity contribution is -0.112. The van der Waals surface area contributed by atoms with Gasteiger partial charge in [-0.3, -0.25) is 27.8 Å². The van der Waals surface area contributed by atoms with Crippen molar-refractivity contribution < 1.29 is 41.5 Å². The zero-order valence-corrected chi connectivity index (χ0v) is 27.2. The number of aromatic nitrogens is 5. The first-order valence-electron chi connectivity index (χ1n) is 14.1. The Morgan fingerprint density at radius 2 is 2.00 bits per heavy atom. The lowest BCUT2D eigenvalue weighted by atomic mass is 9.53. The van der Waals surface area contributed by atoms with E-state index in [0.717, 1.165) is 0 Å². The summed E-state index contributed by atoms with van der Waals surface area (Å²) in [6, 6.07) is 0. The fourth-order valence-electron chi connectivity index (χ4n) is 6.65. The Bertz CT molecular complexity index is 1820. The van der Waals surface area contributed by atoms with E-state index in [1.165, 1.54) is 17.2 Å². The molecule has 1 aliphatic carbocycles. The minimum Gasteiger partial charge on any atom is -0.365 e. The first-order valence-corrected chi connectivity index (χ1v) is 19.4. The molecule has 45 heavy (non-hydrogen) atoms. The van der Waals surface area contributed by atoms with Crippen LogP contribution < -0.4 is 5.73 Å². The molecule has 3 aliphatic heterocycles. The summed E-state index contributed by atoms with van der Waals surface area (Å²) < 4.78 is 61.4. The number of carbonyl (C=O) groups is 1. The number of rotatable bonds is 3. The quantitative estimate of drug-likeness (QED) is 0.268. The van der Waals surface area contributed by atoms with Crippen molar-refractivity contribution in [1.82, 2.24) is 23.9 Å². The molecular weight excluding hydrogens is 671 g/mol. The average molecular weight is 702 g/mol. The second-order valence-electron chi connectivity index (χ2n) is 11.8. The van der Waals surface area contributed by atoms with E-state index in [9.17, 15) is 14.3 Å². The molecule has 7 rings (SSSR count). The Morgan fingerprint density at radius 1 is 1.20 bits per heavy atom. The zero-order chi connectivity index (χ0) is 31.7. The predicted octanol–water partition coefficient (Wildman–Crippen LogP) is 3.12. The highest BCUT2D eigenvalue weighted by atomic mass is 32.7. The van der Waals surface area contributed by atoms with E-state index >= 15 is 4.39 Å². The fourth-order valence-corrected chi connectivity index (χ4v) is 9.30. The molecule has 4 aliphatic rings. The van der Waals surface area contributed by atoms with Gasteiger partial charge in [0.1, 0.15) is 24.2 Å². The molecule has 0 spiro atoms. The molecule has 1 amide bonds. The first-order chi connectivity index (χ1) is 21.3. The predicted molar refractivity (Wildman–Crippen MR) is 164 cm³/mol. The number of nitrogens with zero attached hydrogens (tertiary/aromatic N) is 6. The van der Waals surface area contributed by atoms with Crippen LogP contribution in [-0.4, -0.2) is 78.6 Å². The van der Waals surface area contributed by atoms with Gasteiger partial charge in [-0.1, -0.05) is 25.2 Å². The average Bonchev–Trinajstić information content (AvgIpc) is 3.68. The van der Waals surface area contributed by atoms with Gasteiger partial charge in [0.2, 0.25) is 0 Å². The van der Waals surface area contributed by atoms with Crippen molar-refractivity contribution in [2.45, 2.75) is 44.4 Å². The molecule has 6 heterocycles. The number of halogens is 1. The maximum atomic E-state index is 16.2. The zero-order valence-electron chi connectivity index (χ0n) is 23.7. The highest BCUT2D eigenvalue weighted by molar-refractivity contribution is 8.44. The number of fused-ring (bicyclic) bond motifs is 5. The number of imidazole rings is 2. The third kappa shape index (κ3) is 5.83. The van der Waals surface area contributed by atoms with Gasteiger partial charge in [0, 0.05) is 25.0 Å². The van der Waals surface area contributed by atoms with E-state index in [2.05, 4.69) is 32.2 Å². The van der Waals surface area contributed by atoms with E-state index in [-0.39, 0.29) is 36.7 Å². The van der Waals surface area contributed by atoms with Gasteiger partial charge in [-0.05, 0) is 41.4 Å². The maximum Gasteiger partial charge on any atom is 0.386 e. The van der Waals surface area contributed by atoms with E-state index in [0.29, 0.717) is 29.7 Å². The van der Waals surface area contributed by atoms with Gasteiger partial charge >= 0.3 is 13.5 Å². The maximum absolute atomic E-state index is 16.2. The van der Waals surface area contributed by atoms with Crippen LogP contribution in [-0.2, 0) is 44.0 Å². The molecule has 3 N–H and O–H groups in total. The first kappa shape index (κ1) is 31.5.